The molecule has 0 radical (unpaired) electrons. The molecule has 2 aromatic carbocycles. The number of aromatic carboxylic acids is 1. The first-order valence-electron chi connectivity index (χ1n) is 11.0. The second kappa shape index (κ2) is 9.63. The van der Waals surface area contributed by atoms with Gasteiger partial charge in [-0.25, -0.2) is 9.78 Å². The van der Waals surface area contributed by atoms with Crippen LogP contribution in [0.2, 0.25) is 5.15 Å². The number of aryl methyl sites for hydroxylation is 1. The highest BCUT2D eigenvalue weighted by molar-refractivity contribution is 9.10. The smallest absolute Gasteiger partial charge is 0.355 e. The summed E-state index contributed by atoms with van der Waals surface area (Å²) in [7, 11) is 0. The van der Waals surface area contributed by atoms with Crippen molar-refractivity contribution in [3.8, 4) is 22.7 Å². The minimum atomic E-state index is -1.11. The zero-order chi connectivity index (χ0) is 24.5. The number of hydrogen-bond donors (Lipinski definition) is 2. The number of carboxylic acids is 1. The van der Waals surface area contributed by atoms with Crippen molar-refractivity contribution in [2.24, 2.45) is 0 Å². The summed E-state index contributed by atoms with van der Waals surface area (Å²) in [4.78, 5) is 16.3. The number of nitrogens with zero attached hydrogens (tertiary/aromatic N) is 5. The van der Waals surface area contributed by atoms with Gasteiger partial charge in [0, 0.05) is 22.9 Å². The van der Waals surface area contributed by atoms with Gasteiger partial charge in [0.05, 0.1) is 11.0 Å². The Labute approximate surface area is 213 Å². The molecule has 9 nitrogen and oxygen atoms in total. The molecule has 0 saturated heterocycles. The molecule has 0 spiro atoms. The average molecular weight is 556 g/mol. The number of imidazole rings is 1. The first-order chi connectivity index (χ1) is 17.0. The zero-order valence-electron chi connectivity index (χ0n) is 18.6. The molecule has 0 saturated carbocycles. The fraction of sp³-hybridized carbons (Fsp3) is 0.208. The average Bonchev–Trinajstić information content (AvgIpc) is 3.56. The standard InChI is InChI=1S/C24H20BrClN6O3/c1-2-3-11-17-27-22(26)20(24(33)34)32(17)12-13-7-6-10-16-18(13)19(25)21(35-16)14-8-4-5-9-15(14)23-28-30-31-29-23/h4-10H,2-3,11-12H2,1H3,(H,33,34)(H,28,29,30,31). The minimum Gasteiger partial charge on any atom is -0.476 e. The number of halogens is 2. The molecule has 0 aliphatic carbocycles. The number of nitrogens with one attached hydrogen (secondary N) is 1. The lowest BCUT2D eigenvalue weighted by Gasteiger charge is -2.11. The van der Waals surface area contributed by atoms with Crippen molar-refractivity contribution in [2.75, 3.05) is 0 Å². The number of H-pyrrole nitrogens is 1. The van der Waals surface area contributed by atoms with Gasteiger partial charge >= 0.3 is 5.97 Å². The quantitative estimate of drug-likeness (QED) is 0.241. The first kappa shape index (κ1) is 23.3. The van der Waals surface area contributed by atoms with Crippen molar-refractivity contribution in [2.45, 2.75) is 32.7 Å². The molecule has 0 bridgehead atoms. The third-order valence-electron chi connectivity index (χ3n) is 5.79. The van der Waals surface area contributed by atoms with Crippen molar-refractivity contribution < 1.29 is 14.3 Å². The van der Waals surface area contributed by atoms with Crippen LogP contribution in [0, 0.1) is 0 Å². The molecule has 5 aromatic rings. The number of aromatic amines is 1. The Morgan fingerprint density at radius 3 is 2.71 bits per heavy atom. The van der Waals surface area contributed by atoms with E-state index < -0.39 is 5.97 Å². The van der Waals surface area contributed by atoms with Gasteiger partial charge in [0.1, 0.15) is 17.2 Å². The molecule has 0 fully saturated rings. The molecule has 0 aliphatic heterocycles. The molecule has 5 rings (SSSR count). The zero-order valence-corrected chi connectivity index (χ0v) is 21.0. The number of furan rings is 1. The van der Waals surface area contributed by atoms with E-state index in [9.17, 15) is 9.90 Å². The third-order valence-corrected chi connectivity index (χ3v) is 6.81. The number of benzene rings is 2. The maximum atomic E-state index is 12.0. The second-order valence-electron chi connectivity index (χ2n) is 7.98. The second-order valence-corrected chi connectivity index (χ2v) is 9.13. The van der Waals surface area contributed by atoms with Crippen LogP contribution in [-0.2, 0) is 13.0 Å². The van der Waals surface area contributed by atoms with E-state index in [2.05, 4.69) is 48.5 Å². The Hall–Kier alpha value is -3.50. The van der Waals surface area contributed by atoms with E-state index in [4.69, 9.17) is 16.0 Å². The summed E-state index contributed by atoms with van der Waals surface area (Å²) in [6, 6.07) is 13.3. The number of carbonyl (C=O) groups is 1. The molecule has 35 heavy (non-hydrogen) atoms. The maximum Gasteiger partial charge on any atom is 0.355 e. The van der Waals surface area contributed by atoms with Gasteiger partial charge in [-0.3, -0.25) is 0 Å². The summed E-state index contributed by atoms with van der Waals surface area (Å²) in [6.07, 6.45) is 2.47. The normalized spacial score (nSPS) is 11.4. The van der Waals surface area contributed by atoms with Crippen LogP contribution >= 0.6 is 27.5 Å². The van der Waals surface area contributed by atoms with E-state index in [1.165, 1.54) is 0 Å². The summed E-state index contributed by atoms with van der Waals surface area (Å²) in [5.41, 5.74) is 3.07. The van der Waals surface area contributed by atoms with Gasteiger partial charge in [-0.05, 0) is 39.2 Å². The van der Waals surface area contributed by atoms with Crippen molar-refractivity contribution in [3.05, 3.63) is 69.2 Å². The van der Waals surface area contributed by atoms with Crippen LogP contribution < -0.4 is 0 Å². The molecule has 0 amide bonds. The Balaban J connectivity index is 1.64. The Morgan fingerprint density at radius 2 is 2.00 bits per heavy atom. The van der Waals surface area contributed by atoms with Crippen LogP contribution in [0.15, 0.2) is 51.4 Å². The van der Waals surface area contributed by atoms with Gasteiger partial charge in [-0.15, -0.1) is 10.2 Å². The van der Waals surface area contributed by atoms with Crippen LogP contribution in [-0.4, -0.2) is 41.3 Å². The topological polar surface area (TPSA) is 123 Å². The number of rotatable bonds is 8. The van der Waals surface area contributed by atoms with Crippen molar-refractivity contribution in [1.29, 1.82) is 0 Å². The van der Waals surface area contributed by atoms with E-state index >= 15 is 0 Å². The van der Waals surface area contributed by atoms with E-state index in [1.807, 2.05) is 42.5 Å². The predicted octanol–water partition coefficient (Wildman–Crippen LogP) is 5.98. The molecule has 0 unspecified atom stereocenters. The molecule has 3 aromatic heterocycles. The molecule has 0 aliphatic rings. The molecule has 3 heterocycles. The molecule has 178 valence electrons. The van der Waals surface area contributed by atoms with Crippen molar-refractivity contribution in [1.82, 2.24) is 30.2 Å². The fourth-order valence-corrected chi connectivity index (χ4v) is 5.20. The maximum absolute atomic E-state index is 12.0. The van der Waals surface area contributed by atoms with Crippen LogP contribution in [0.5, 0.6) is 0 Å². The lowest BCUT2D eigenvalue weighted by Crippen LogP contribution is -2.13. The number of unbranched alkanes of at least 4 members (excludes halogenated alkanes) is 1. The lowest BCUT2D eigenvalue weighted by atomic mass is 10.0. The van der Waals surface area contributed by atoms with Gasteiger partial charge in [0.25, 0.3) is 0 Å². The highest BCUT2D eigenvalue weighted by atomic mass is 79.9. The summed E-state index contributed by atoms with van der Waals surface area (Å²) >= 11 is 9.97. The van der Waals surface area contributed by atoms with Gasteiger partial charge < -0.3 is 14.1 Å². The largest absolute Gasteiger partial charge is 0.476 e. The summed E-state index contributed by atoms with van der Waals surface area (Å²) < 4.78 is 8.71. The minimum absolute atomic E-state index is 0.00299. The summed E-state index contributed by atoms with van der Waals surface area (Å²) in [6.45, 7) is 2.35. The highest BCUT2D eigenvalue weighted by Crippen LogP contribution is 2.42. The fourth-order valence-electron chi connectivity index (χ4n) is 4.17. The lowest BCUT2D eigenvalue weighted by molar-refractivity contribution is 0.0685. The van der Waals surface area contributed by atoms with Gasteiger partial charge in [0.2, 0.25) is 5.82 Å². The van der Waals surface area contributed by atoms with Crippen LogP contribution in [0.1, 0.15) is 41.6 Å². The number of fused-ring (bicyclic) bond motifs is 1. The van der Waals surface area contributed by atoms with E-state index in [0.29, 0.717) is 29.4 Å². The number of tetrazole rings is 1. The predicted molar refractivity (Wildman–Crippen MR) is 134 cm³/mol. The third kappa shape index (κ3) is 4.23. The van der Waals surface area contributed by atoms with Crippen LogP contribution in [0.4, 0.5) is 0 Å². The van der Waals surface area contributed by atoms with E-state index in [-0.39, 0.29) is 17.4 Å². The number of aromatic nitrogens is 6. The van der Waals surface area contributed by atoms with Crippen LogP contribution in [0.3, 0.4) is 0 Å². The van der Waals surface area contributed by atoms with Gasteiger partial charge in [0.15, 0.2) is 10.8 Å². The molecular weight excluding hydrogens is 536 g/mol. The Morgan fingerprint density at radius 1 is 1.20 bits per heavy atom. The first-order valence-corrected chi connectivity index (χ1v) is 12.2. The van der Waals surface area contributed by atoms with Crippen molar-refractivity contribution >= 4 is 44.5 Å². The molecule has 0 atom stereocenters. The van der Waals surface area contributed by atoms with Crippen molar-refractivity contribution in [3.63, 3.8) is 0 Å². The Bertz CT molecular complexity index is 1530. The SMILES string of the molecule is CCCCc1nc(Cl)c(C(=O)O)n1Cc1cccc2oc(-c3ccccc3-c3nn[nH]n3)c(Br)c12. The molecule has 11 heteroatoms. The molecular formula is C24H20BrClN6O3. The monoisotopic (exact) mass is 554 g/mol. The number of carboxylic acid groups (broad SMARTS) is 1. The summed E-state index contributed by atoms with van der Waals surface area (Å²) in [5, 5.41) is 25.0. The number of hydrogen-bond acceptors (Lipinski definition) is 6. The van der Waals surface area contributed by atoms with Gasteiger partial charge in [-0.1, -0.05) is 61.3 Å². The molecule has 2 N–H and O–H groups in total. The van der Waals surface area contributed by atoms with E-state index in [1.54, 1.807) is 4.57 Å². The van der Waals surface area contributed by atoms with Crippen LogP contribution in [0.25, 0.3) is 33.7 Å². The van der Waals surface area contributed by atoms with Gasteiger partial charge in [-0.2, -0.15) is 5.21 Å². The Kier molecular flexibility index (Phi) is 6.40. The highest BCUT2D eigenvalue weighted by Gasteiger charge is 2.24. The van der Waals surface area contributed by atoms with E-state index in [0.717, 1.165) is 39.4 Å². The summed E-state index contributed by atoms with van der Waals surface area (Å²) in [5.74, 6) is 0.598.